The molecule has 5 nitrogen and oxygen atoms in total. The summed E-state index contributed by atoms with van der Waals surface area (Å²) >= 11 is 0. The van der Waals surface area contributed by atoms with E-state index >= 15 is 0 Å². The summed E-state index contributed by atoms with van der Waals surface area (Å²) in [5.74, 6) is 1.18. The second-order valence-electron chi connectivity index (χ2n) is 8.70. The Morgan fingerprint density at radius 1 is 1.06 bits per heavy atom. The van der Waals surface area contributed by atoms with Gasteiger partial charge in [0.25, 0.3) is 0 Å². The normalized spacial score (nSPS) is 11.5. The Labute approximate surface area is 206 Å². The number of rotatable bonds is 7. The number of hydrogen-bond acceptors (Lipinski definition) is 4. The molecule has 4 rings (SSSR count). The number of anilines is 1. The molecule has 0 aliphatic rings. The summed E-state index contributed by atoms with van der Waals surface area (Å²) in [6.07, 6.45) is 3.41. The fourth-order valence-corrected chi connectivity index (χ4v) is 4.42. The van der Waals surface area contributed by atoms with Crippen LogP contribution >= 0.6 is 0 Å². The van der Waals surface area contributed by atoms with Crippen LogP contribution in [0.3, 0.4) is 0 Å². The van der Waals surface area contributed by atoms with Crippen molar-refractivity contribution < 1.29 is 18.7 Å². The van der Waals surface area contributed by atoms with Gasteiger partial charge in [-0.2, -0.15) is 0 Å². The van der Waals surface area contributed by atoms with Gasteiger partial charge >= 0.3 is 0 Å². The fraction of sp³-hybridized carbons (Fsp3) is 0.233. The van der Waals surface area contributed by atoms with E-state index in [-0.39, 0.29) is 5.91 Å². The Bertz CT molecular complexity index is 1430. The molecule has 1 aromatic heterocycles. The van der Waals surface area contributed by atoms with E-state index in [9.17, 15) is 4.79 Å². The number of allylic oxidation sites excluding steroid dienone is 1. The molecular weight excluding hydrogens is 438 g/mol. The van der Waals surface area contributed by atoms with Crippen molar-refractivity contribution >= 4 is 28.1 Å². The summed E-state index contributed by atoms with van der Waals surface area (Å²) in [4.78, 5) is 12.8. The summed E-state index contributed by atoms with van der Waals surface area (Å²) in [6, 6.07) is 15.8. The molecule has 0 radical (unpaired) electrons. The third-order valence-corrected chi connectivity index (χ3v) is 6.11. The minimum Gasteiger partial charge on any atom is -0.497 e. The average Bonchev–Trinajstić information content (AvgIpc) is 3.24. The van der Waals surface area contributed by atoms with Crippen LogP contribution in [0.25, 0.3) is 27.7 Å². The molecule has 0 saturated heterocycles. The van der Waals surface area contributed by atoms with Crippen LogP contribution in [-0.2, 0) is 4.79 Å². The lowest BCUT2D eigenvalue weighted by Crippen LogP contribution is -2.09. The highest BCUT2D eigenvalue weighted by atomic mass is 16.5. The van der Waals surface area contributed by atoms with Gasteiger partial charge in [-0.1, -0.05) is 29.8 Å². The molecule has 0 saturated carbocycles. The van der Waals surface area contributed by atoms with Gasteiger partial charge in [0.1, 0.15) is 17.1 Å². The van der Waals surface area contributed by atoms with Crippen LogP contribution < -0.4 is 14.8 Å². The quantitative estimate of drug-likeness (QED) is 0.285. The smallest absolute Gasteiger partial charge is 0.248 e. The monoisotopic (exact) mass is 469 g/mol. The predicted octanol–water partition coefficient (Wildman–Crippen LogP) is 7.47. The lowest BCUT2D eigenvalue weighted by Gasteiger charge is -2.15. The summed E-state index contributed by atoms with van der Waals surface area (Å²) in [6.45, 7) is 10.6. The molecule has 1 N–H and O–H groups in total. The molecule has 1 heterocycles. The molecule has 0 aliphatic heterocycles. The average molecular weight is 470 g/mol. The summed E-state index contributed by atoms with van der Waals surface area (Å²) < 4.78 is 17.3. The number of aryl methyl sites for hydroxylation is 3. The Morgan fingerprint density at radius 2 is 1.86 bits per heavy atom. The molecular formula is C30H31NO4. The Kier molecular flexibility index (Phi) is 6.97. The van der Waals surface area contributed by atoms with E-state index in [4.69, 9.17) is 13.9 Å². The van der Waals surface area contributed by atoms with Gasteiger partial charge in [-0.3, -0.25) is 4.79 Å². The molecule has 5 heteroatoms. The summed E-state index contributed by atoms with van der Waals surface area (Å²) in [5, 5.41) is 3.91. The molecule has 0 bridgehead atoms. The first-order chi connectivity index (χ1) is 16.8. The van der Waals surface area contributed by atoms with E-state index in [0.717, 1.165) is 44.5 Å². The minimum absolute atomic E-state index is 0.224. The van der Waals surface area contributed by atoms with Crippen molar-refractivity contribution in [2.24, 2.45) is 0 Å². The first-order valence-corrected chi connectivity index (χ1v) is 11.7. The first-order valence-electron chi connectivity index (χ1n) is 11.7. The van der Waals surface area contributed by atoms with Crippen LogP contribution in [0, 0.1) is 20.8 Å². The molecule has 0 atom stereocenters. The molecule has 0 spiro atoms. The number of fused-ring (bicyclic) bond motifs is 1. The molecule has 0 aliphatic carbocycles. The minimum atomic E-state index is -0.224. The van der Waals surface area contributed by atoms with Crippen molar-refractivity contribution in [3.63, 3.8) is 0 Å². The largest absolute Gasteiger partial charge is 0.497 e. The second-order valence-corrected chi connectivity index (χ2v) is 8.70. The number of furan rings is 1. The highest BCUT2D eigenvalue weighted by Gasteiger charge is 2.20. The predicted molar refractivity (Wildman–Crippen MR) is 142 cm³/mol. The number of hydrogen-bond donors (Lipinski definition) is 1. The van der Waals surface area contributed by atoms with E-state index in [1.54, 1.807) is 19.3 Å². The van der Waals surface area contributed by atoms with Crippen molar-refractivity contribution in [1.82, 2.24) is 0 Å². The van der Waals surface area contributed by atoms with Crippen molar-refractivity contribution in [2.45, 2.75) is 34.6 Å². The second kappa shape index (κ2) is 10.1. The maximum Gasteiger partial charge on any atom is 0.248 e. The van der Waals surface area contributed by atoms with Crippen LogP contribution in [0.4, 0.5) is 5.69 Å². The lowest BCUT2D eigenvalue weighted by atomic mass is 9.94. The van der Waals surface area contributed by atoms with Gasteiger partial charge in [-0.25, -0.2) is 0 Å². The maximum atomic E-state index is 12.8. The lowest BCUT2D eigenvalue weighted by molar-refractivity contribution is -0.111. The van der Waals surface area contributed by atoms with E-state index in [0.29, 0.717) is 18.0 Å². The number of carbonyl (C=O) groups is 1. The van der Waals surface area contributed by atoms with E-state index in [2.05, 4.69) is 43.4 Å². The summed E-state index contributed by atoms with van der Waals surface area (Å²) in [7, 11) is 1.60. The van der Waals surface area contributed by atoms with E-state index in [1.807, 2.05) is 45.2 Å². The first kappa shape index (κ1) is 24.1. The van der Waals surface area contributed by atoms with Gasteiger partial charge in [0.05, 0.1) is 20.0 Å². The number of methoxy groups -OCH3 is 1. The third kappa shape index (κ3) is 4.94. The highest BCUT2D eigenvalue weighted by molar-refractivity contribution is 6.06. The number of benzene rings is 3. The molecule has 35 heavy (non-hydrogen) atoms. The fourth-order valence-electron chi connectivity index (χ4n) is 4.42. The topological polar surface area (TPSA) is 60.7 Å². The molecule has 0 unspecified atom stereocenters. The zero-order valence-corrected chi connectivity index (χ0v) is 21.1. The Hall–Kier alpha value is -3.99. The highest BCUT2D eigenvalue weighted by Crippen LogP contribution is 2.41. The van der Waals surface area contributed by atoms with Crippen molar-refractivity contribution in [1.29, 1.82) is 0 Å². The summed E-state index contributed by atoms with van der Waals surface area (Å²) in [5.41, 5.74) is 8.59. The number of nitrogens with one attached hydrogen (secondary N) is 1. The number of carbonyl (C=O) groups excluding carboxylic acids is 1. The van der Waals surface area contributed by atoms with E-state index < -0.39 is 0 Å². The van der Waals surface area contributed by atoms with Crippen LogP contribution in [-0.4, -0.2) is 19.6 Å². The maximum absolute atomic E-state index is 12.8. The van der Waals surface area contributed by atoms with Crippen molar-refractivity contribution in [3.8, 4) is 22.6 Å². The van der Waals surface area contributed by atoms with Crippen LogP contribution in [0.2, 0.25) is 0 Å². The SMILES string of the molecule is CCOc1c(/C(C)=C/C(=O)Nc2cccc(OC)c2)cc2c(-c3ccc(C)cc3C)coc2c1C. The Morgan fingerprint density at radius 3 is 2.57 bits per heavy atom. The molecule has 1 amide bonds. The van der Waals surface area contributed by atoms with Gasteiger partial charge in [-0.15, -0.1) is 0 Å². The zero-order chi connectivity index (χ0) is 25.1. The van der Waals surface area contributed by atoms with Gasteiger partial charge in [0, 0.05) is 39.9 Å². The van der Waals surface area contributed by atoms with Crippen LogP contribution in [0.5, 0.6) is 11.5 Å². The van der Waals surface area contributed by atoms with Crippen LogP contribution in [0.15, 0.2) is 65.3 Å². The molecule has 180 valence electrons. The van der Waals surface area contributed by atoms with E-state index in [1.165, 1.54) is 11.1 Å². The van der Waals surface area contributed by atoms with Gasteiger partial charge in [0.15, 0.2) is 0 Å². The standard InChI is InChI=1S/C30H31NO4/c1-7-34-29-21(5)30-26(27(17-35-30)24-12-11-18(2)13-19(24)3)16-25(29)20(4)14-28(32)31-22-9-8-10-23(15-22)33-6/h8-17H,7H2,1-6H3,(H,31,32)/b20-14+. The van der Waals surface area contributed by atoms with Gasteiger partial charge in [-0.05, 0) is 69.5 Å². The van der Waals surface area contributed by atoms with Crippen molar-refractivity contribution in [3.05, 3.63) is 83.1 Å². The third-order valence-electron chi connectivity index (χ3n) is 6.11. The van der Waals surface area contributed by atoms with Crippen molar-refractivity contribution in [2.75, 3.05) is 19.0 Å². The molecule has 3 aromatic carbocycles. The van der Waals surface area contributed by atoms with Crippen LogP contribution in [0.1, 0.15) is 36.1 Å². The number of ether oxygens (including phenoxy) is 2. The Balaban J connectivity index is 1.78. The number of amides is 1. The van der Waals surface area contributed by atoms with Gasteiger partial charge in [0.2, 0.25) is 5.91 Å². The molecule has 0 fully saturated rings. The zero-order valence-electron chi connectivity index (χ0n) is 21.1. The van der Waals surface area contributed by atoms with Gasteiger partial charge < -0.3 is 19.2 Å². The molecule has 4 aromatic rings.